The van der Waals surface area contributed by atoms with Crippen molar-refractivity contribution >= 4 is 0 Å². The van der Waals surface area contributed by atoms with E-state index in [1.54, 1.807) is 0 Å². The molecule has 0 aromatic carbocycles. The molecular weight excluding hydrogens is 472 g/mol. The normalized spacial score (nSPS) is 52.5. The first-order chi connectivity index (χ1) is 16.0. The summed E-state index contributed by atoms with van der Waals surface area (Å²) in [6, 6.07) is 0. The third-order valence-corrected chi connectivity index (χ3v) is 6.08. The molecule has 0 amide bonds. The summed E-state index contributed by atoms with van der Waals surface area (Å²) in [5, 5.41) is 109. The van der Waals surface area contributed by atoms with Gasteiger partial charge in [-0.2, -0.15) is 0 Å². The van der Waals surface area contributed by atoms with Crippen LogP contribution in [0.5, 0.6) is 0 Å². The van der Waals surface area contributed by atoms with Crippen LogP contribution in [0.25, 0.3) is 0 Å². The standard InChI is InChI=1S/C18H32O16/c19-1-4-8(22)12(26)15(16(29)31-4)34-18-14(28)11(25)9(23)6(33-18)3-30-17-13(27)10(24)7(21)5(2-20)32-17/h4-29H,1-3H2/t4-,5-,6-,7-,8-,9-,10+,11+,12+,13-,14-,15-,16-,17+,18?/m1/s1. The van der Waals surface area contributed by atoms with Crippen LogP contribution in [0.4, 0.5) is 0 Å². The van der Waals surface area contributed by atoms with Crippen molar-refractivity contribution in [3.63, 3.8) is 0 Å². The molecule has 15 atom stereocenters. The van der Waals surface area contributed by atoms with Gasteiger partial charge in [-0.05, 0) is 0 Å². The highest BCUT2D eigenvalue weighted by molar-refractivity contribution is 4.94. The van der Waals surface area contributed by atoms with E-state index in [-0.39, 0.29) is 0 Å². The molecule has 16 nitrogen and oxygen atoms in total. The van der Waals surface area contributed by atoms with Crippen molar-refractivity contribution in [1.82, 2.24) is 0 Å². The molecule has 0 aliphatic carbocycles. The highest BCUT2D eigenvalue weighted by Gasteiger charge is 2.51. The summed E-state index contributed by atoms with van der Waals surface area (Å²) in [5.74, 6) is 0. The van der Waals surface area contributed by atoms with E-state index in [9.17, 15) is 51.1 Å². The molecular formula is C18H32O16. The minimum atomic E-state index is -1.88. The van der Waals surface area contributed by atoms with Crippen molar-refractivity contribution in [3.8, 4) is 0 Å². The summed E-state index contributed by atoms with van der Waals surface area (Å²) in [7, 11) is 0. The van der Waals surface area contributed by atoms with E-state index in [4.69, 9.17) is 28.8 Å². The second-order valence-electron chi connectivity index (χ2n) is 8.37. The maximum atomic E-state index is 10.2. The van der Waals surface area contributed by atoms with Gasteiger partial charge in [0, 0.05) is 0 Å². The van der Waals surface area contributed by atoms with Gasteiger partial charge in [0.15, 0.2) is 18.9 Å². The lowest BCUT2D eigenvalue weighted by atomic mass is 9.97. The second kappa shape index (κ2) is 11.6. The number of hydrogen-bond donors (Lipinski definition) is 11. The molecule has 3 aliphatic rings. The summed E-state index contributed by atoms with van der Waals surface area (Å²) in [4.78, 5) is 0. The third kappa shape index (κ3) is 5.52. The van der Waals surface area contributed by atoms with Crippen molar-refractivity contribution in [2.24, 2.45) is 0 Å². The van der Waals surface area contributed by atoms with Crippen molar-refractivity contribution < 1.29 is 79.9 Å². The van der Waals surface area contributed by atoms with Gasteiger partial charge in [-0.3, -0.25) is 0 Å². The first-order valence-electron chi connectivity index (χ1n) is 10.6. The third-order valence-electron chi connectivity index (χ3n) is 6.08. The molecule has 0 bridgehead atoms. The smallest absolute Gasteiger partial charge is 0.187 e. The van der Waals surface area contributed by atoms with E-state index in [1.165, 1.54) is 0 Å². The summed E-state index contributed by atoms with van der Waals surface area (Å²) < 4.78 is 26.1. The van der Waals surface area contributed by atoms with Crippen LogP contribution in [-0.4, -0.2) is 168 Å². The van der Waals surface area contributed by atoms with Crippen LogP contribution in [0.1, 0.15) is 0 Å². The number of rotatable bonds is 7. The lowest BCUT2D eigenvalue weighted by Gasteiger charge is -2.45. The molecule has 11 N–H and O–H groups in total. The molecule has 3 heterocycles. The lowest BCUT2D eigenvalue weighted by Crippen LogP contribution is -2.64. The van der Waals surface area contributed by atoms with Gasteiger partial charge in [0.25, 0.3) is 0 Å². The Hall–Kier alpha value is -0.640. The fraction of sp³-hybridized carbons (Fsp3) is 1.00. The molecule has 0 aromatic rings. The minimum absolute atomic E-state index is 0.616. The van der Waals surface area contributed by atoms with Crippen LogP contribution in [0, 0.1) is 0 Å². The number of hydrogen-bond acceptors (Lipinski definition) is 16. The van der Waals surface area contributed by atoms with E-state index < -0.39 is 112 Å². The molecule has 3 aliphatic heterocycles. The molecule has 200 valence electrons. The molecule has 3 rings (SSSR count). The number of aliphatic hydroxyl groups excluding tert-OH is 11. The zero-order valence-electron chi connectivity index (χ0n) is 17.7. The van der Waals surface area contributed by atoms with Gasteiger partial charge in [-0.25, -0.2) is 0 Å². The Balaban J connectivity index is 1.64. The van der Waals surface area contributed by atoms with E-state index in [0.717, 1.165) is 0 Å². The van der Waals surface area contributed by atoms with Crippen LogP contribution in [0.2, 0.25) is 0 Å². The lowest BCUT2D eigenvalue weighted by molar-refractivity contribution is -0.367. The average Bonchev–Trinajstić information content (AvgIpc) is 2.82. The first kappa shape index (κ1) is 27.9. The Labute approximate surface area is 192 Å². The van der Waals surface area contributed by atoms with Crippen LogP contribution in [-0.2, 0) is 23.7 Å². The first-order valence-corrected chi connectivity index (χ1v) is 10.6. The summed E-state index contributed by atoms with van der Waals surface area (Å²) in [6.07, 6.45) is -25.0. The van der Waals surface area contributed by atoms with E-state index in [0.29, 0.717) is 0 Å². The second-order valence-corrected chi connectivity index (χ2v) is 8.37. The highest BCUT2D eigenvalue weighted by atomic mass is 16.7. The van der Waals surface area contributed by atoms with Gasteiger partial charge in [0.1, 0.15) is 73.2 Å². The number of aliphatic hydroxyl groups is 11. The molecule has 0 spiro atoms. The fourth-order valence-electron chi connectivity index (χ4n) is 3.94. The van der Waals surface area contributed by atoms with E-state index in [1.807, 2.05) is 0 Å². The highest BCUT2D eigenvalue weighted by Crippen LogP contribution is 2.29. The molecule has 0 radical (unpaired) electrons. The van der Waals surface area contributed by atoms with Crippen LogP contribution in [0.15, 0.2) is 0 Å². The van der Waals surface area contributed by atoms with Crippen LogP contribution >= 0.6 is 0 Å². The maximum Gasteiger partial charge on any atom is 0.187 e. The van der Waals surface area contributed by atoms with Gasteiger partial charge < -0.3 is 79.9 Å². The molecule has 0 aromatic heterocycles. The SMILES string of the molecule is OC[C@H]1O[C@H](OC[C@H]2OC(O[C@@H]3[C@@H](O)[C@H](O)[C@@H](CO)O[C@H]3O)[C@H](O)[C@@H](O)[C@@H]2O)[C@H](O)[C@@H](O)[C@@H]1O. The van der Waals surface area contributed by atoms with Gasteiger partial charge in [-0.15, -0.1) is 0 Å². The Morgan fingerprint density at radius 3 is 1.56 bits per heavy atom. The fourth-order valence-corrected chi connectivity index (χ4v) is 3.94. The predicted molar refractivity (Wildman–Crippen MR) is 101 cm³/mol. The van der Waals surface area contributed by atoms with Crippen molar-refractivity contribution in [2.75, 3.05) is 19.8 Å². The molecule has 34 heavy (non-hydrogen) atoms. The molecule has 16 heteroatoms. The maximum absolute atomic E-state index is 10.2. The minimum Gasteiger partial charge on any atom is -0.394 e. The quantitative estimate of drug-likeness (QED) is 0.154. The van der Waals surface area contributed by atoms with Crippen LogP contribution in [0.3, 0.4) is 0 Å². The number of ether oxygens (including phenoxy) is 5. The monoisotopic (exact) mass is 504 g/mol. The topological polar surface area (TPSA) is 269 Å². The summed E-state index contributed by atoms with van der Waals surface area (Å²) >= 11 is 0. The Morgan fingerprint density at radius 2 is 0.971 bits per heavy atom. The Bertz CT molecular complexity index is 639. The Morgan fingerprint density at radius 1 is 0.500 bits per heavy atom. The van der Waals surface area contributed by atoms with Gasteiger partial charge in [0.2, 0.25) is 0 Å². The molecule has 1 unspecified atom stereocenters. The summed E-state index contributed by atoms with van der Waals surface area (Å²) in [5.41, 5.74) is 0. The van der Waals surface area contributed by atoms with E-state index in [2.05, 4.69) is 0 Å². The largest absolute Gasteiger partial charge is 0.394 e. The zero-order valence-corrected chi connectivity index (χ0v) is 17.7. The van der Waals surface area contributed by atoms with Crippen LogP contribution < -0.4 is 0 Å². The molecule has 3 fully saturated rings. The molecule has 3 saturated heterocycles. The van der Waals surface area contributed by atoms with Crippen molar-refractivity contribution in [2.45, 2.75) is 92.1 Å². The van der Waals surface area contributed by atoms with Gasteiger partial charge in [-0.1, -0.05) is 0 Å². The average molecular weight is 504 g/mol. The Kier molecular flexibility index (Phi) is 9.54. The predicted octanol–water partition coefficient (Wildman–Crippen LogP) is -7.57. The van der Waals surface area contributed by atoms with Crippen molar-refractivity contribution in [1.29, 1.82) is 0 Å². The molecule has 0 saturated carbocycles. The van der Waals surface area contributed by atoms with Crippen molar-refractivity contribution in [3.05, 3.63) is 0 Å². The van der Waals surface area contributed by atoms with Gasteiger partial charge >= 0.3 is 0 Å². The van der Waals surface area contributed by atoms with Gasteiger partial charge in [0.05, 0.1) is 19.8 Å². The summed E-state index contributed by atoms with van der Waals surface area (Å²) in [6.45, 7) is -2.03. The zero-order chi connectivity index (χ0) is 25.3. The van der Waals surface area contributed by atoms with E-state index >= 15 is 0 Å².